The Morgan fingerprint density at radius 3 is 2.67 bits per heavy atom. The van der Waals surface area contributed by atoms with Crippen molar-refractivity contribution in [3.63, 3.8) is 0 Å². The molecule has 1 aromatic carbocycles. The molecular weight excluding hydrogens is 358 g/mol. The number of rotatable bonds is 4. The molecule has 7 heteroatoms. The number of allylic oxidation sites excluding steroid dienone is 1. The number of hydrogen-bond acceptors (Lipinski definition) is 3. The number of nitrogens with one attached hydrogen (secondary N) is 1. The highest BCUT2D eigenvalue weighted by molar-refractivity contribution is 9.10. The first-order chi connectivity index (χ1) is 9.81. The van der Waals surface area contributed by atoms with E-state index in [0.29, 0.717) is 16.5 Å². The van der Waals surface area contributed by atoms with Gasteiger partial charge >= 0.3 is 5.97 Å². The molecule has 114 valence electrons. The van der Waals surface area contributed by atoms with E-state index in [1.54, 1.807) is 6.92 Å². The van der Waals surface area contributed by atoms with E-state index in [9.17, 15) is 13.2 Å². The summed E-state index contributed by atoms with van der Waals surface area (Å²) in [5.41, 5.74) is 0.440. The van der Waals surface area contributed by atoms with Gasteiger partial charge in [0.1, 0.15) is 0 Å². The van der Waals surface area contributed by atoms with Crippen molar-refractivity contribution in [2.24, 2.45) is 0 Å². The molecule has 1 aliphatic carbocycles. The van der Waals surface area contributed by atoms with E-state index in [0.717, 1.165) is 12.8 Å². The van der Waals surface area contributed by atoms with Gasteiger partial charge in [0.2, 0.25) is 10.0 Å². The molecule has 0 bridgehead atoms. The molecule has 2 N–H and O–H groups in total. The molecule has 0 aromatic heterocycles. The Balaban J connectivity index is 2.39. The van der Waals surface area contributed by atoms with Crippen molar-refractivity contribution in [1.82, 2.24) is 4.72 Å². The first-order valence-corrected chi connectivity index (χ1v) is 8.79. The van der Waals surface area contributed by atoms with E-state index in [1.807, 2.05) is 12.2 Å². The van der Waals surface area contributed by atoms with Crippen LogP contribution in [0.25, 0.3) is 0 Å². The molecule has 0 saturated carbocycles. The standard InChI is InChI=1S/C14H16BrNO4S/c1-9-12(15)7-10(14(17)18)8-13(9)21(19,20)16-11-5-3-2-4-6-11/h2-3,7-8,11,16H,4-6H2,1H3,(H,17,18). The van der Waals surface area contributed by atoms with Crippen LogP contribution >= 0.6 is 15.9 Å². The average Bonchev–Trinajstić information content (AvgIpc) is 2.41. The number of aromatic carboxylic acids is 1. The maximum Gasteiger partial charge on any atom is 0.335 e. The number of carboxylic acid groups (broad SMARTS) is 1. The smallest absolute Gasteiger partial charge is 0.335 e. The van der Waals surface area contributed by atoms with Gasteiger partial charge in [0.15, 0.2) is 0 Å². The van der Waals surface area contributed by atoms with Crippen LogP contribution in [0.5, 0.6) is 0 Å². The zero-order valence-electron chi connectivity index (χ0n) is 11.5. The van der Waals surface area contributed by atoms with Crippen molar-refractivity contribution in [2.45, 2.75) is 37.1 Å². The van der Waals surface area contributed by atoms with E-state index < -0.39 is 16.0 Å². The highest BCUT2D eigenvalue weighted by atomic mass is 79.9. The summed E-state index contributed by atoms with van der Waals surface area (Å²) in [6.07, 6.45) is 6.21. The summed E-state index contributed by atoms with van der Waals surface area (Å²) in [5.74, 6) is -1.16. The summed E-state index contributed by atoms with van der Waals surface area (Å²) < 4.78 is 28.1. The van der Waals surface area contributed by atoms with E-state index >= 15 is 0 Å². The topological polar surface area (TPSA) is 83.5 Å². The minimum absolute atomic E-state index is 0.00354. The van der Waals surface area contributed by atoms with Crippen LogP contribution in [-0.4, -0.2) is 25.5 Å². The summed E-state index contributed by atoms with van der Waals surface area (Å²) in [6.45, 7) is 1.64. The second-order valence-electron chi connectivity index (χ2n) is 4.99. The monoisotopic (exact) mass is 373 g/mol. The van der Waals surface area contributed by atoms with Crippen molar-refractivity contribution < 1.29 is 18.3 Å². The van der Waals surface area contributed by atoms with Gasteiger partial charge in [-0.25, -0.2) is 17.9 Å². The number of benzene rings is 1. The average molecular weight is 374 g/mol. The zero-order chi connectivity index (χ0) is 15.6. The van der Waals surface area contributed by atoms with Crippen LogP contribution in [-0.2, 0) is 10.0 Å². The number of sulfonamides is 1. The summed E-state index contributed by atoms with van der Waals surface area (Å²) in [5, 5.41) is 9.07. The Bertz CT molecular complexity index is 697. The van der Waals surface area contributed by atoms with E-state index in [-0.39, 0.29) is 16.5 Å². The fourth-order valence-electron chi connectivity index (χ4n) is 2.24. The lowest BCUT2D eigenvalue weighted by Gasteiger charge is -2.20. The maximum absolute atomic E-state index is 12.5. The molecule has 2 rings (SSSR count). The van der Waals surface area contributed by atoms with Gasteiger partial charge in [0, 0.05) is 10.5 Å². The molecule has 0 heterocycles. The molecule has 1 unspecified atom stereocenters. The summed E-state index contributed by atoms with van der Waals surface area (Å²) in [4.78, 5) is 11.1. The van der Waals surface area contributed by atoms with Crippen LogP contribution in [0.2, 0.25) is 0 Å². The summed E-state index contributed by atoms with van der Waals surface area (Å²) in [6, 6.07) is 2.45. The first-order valence-electron chi connectivity index (χ1n) is 6.52. The van der Waals surface area contributed by atoms with E-state index in [4.69, 9.17) is 5.11 Å². The van der Waals surface area contributed by atoms with Gasteiger partial charge in [0.25, 0.3) is 0 Å². The lowest BCUT2D eigenvalue weighted by atomic mass is 10.0. The van der Waals surface area contributed by atoms with Crippen molar-refractivity contribution in [3.8, 4) is 0 Å². The number of carboxylic acids is 1. The molecule has 21 heavy (non-hydrogen) atoms. The fraction of sp³-hybridized carbons (Fsp3) is 0.357. The summed E-state index contributed by atoms with van der Waals surface area (Å²) in [7, 11) is -3.75. The second-order valence-corrected chi connectivity index (χ2v) is 7.53. The minimum Gasteiger partial charge on any atom is -0.478 e. The molecule has 1 aliphatic rings. The molecule has 0 aliphatic heterocycles. The van der Waals surface area contributed by atoms with E-state index in [1.165, 1.54) is 12.1 Å². The minimum atomic E-state index is -3.75. The van der Waals surface area contributed by atoms with Crippen LogP contribution in [0.4, 0.5) is 0 Å². The molecule has 0 amide bonds. The number of carbonyl (C=O) groups is 1. The highest BCUT2D eigenvalue weighted by Crippen LogP contribution is 2.26. The van der Waals surface area contributed by atoms with Gasteiger partial charge in [-0.05, 0) is 43.9 Å². The van der Waals surface area contributed by atoms with Crippen molar-refractivity contribution in [3.05, 3.63) is 39.9 Å². The van der Waals surface area contributed by atoms with Crippen LogP contribution in [0.1, 0.15) is 35.2 Å². The van der Waals surface area contributed by atoms with Gasteiger partial charge in [-0.1, -0.05) is 28.1 Å². The third-order valence-corrected chi connectivity index (χ3v) is 5.89. The number of halogens is 1. The zero-order valence-corrected chi connectivity index (χ0v) is 13.9. The largest absolute Gasteiger partial charge is 0.478 e. The van der Waals surface area contributed by atoms with Gasteiger partial charge in [0.05, 0.1) is 10.5 Å². The second kappa shape index (κ2) is 6.29. The lowest BCUT2D eigenvalue weighted by molar-refractivity contribution is 0.0696. The molecule has 0 radical (unpaired) electrons. The Kier molecular flexibility index (Phi) is 4.85. The third-order valence-electron chi connectivity index (χ3n) is 3.42. The lowest BCUT2D eigenvalue weighted by Crippen LogP contribution is -2.35. The third kappa shape index (κ3) is 3.72. The van der Waals surface area contributed by atoms with Crippen molar-refractivity contribution >= 4 is 31.9 Å². The van der Waals surface area contributed by atoms with Crippen LogP contribution in [0.3, 0.4) is 0 Å². The van der Waals surface area contributed by atoms with Crippen LogP contribution < -0.4 is 4.72 Å². The molecule has 0 spiro atoms. The Morgan fingerprint density at radius 1 is 1.38 bits per heavy atom. The number of hydrogen-bond donors (Lipinski definition) is 2. The first kappa shape index (κ1) is 16.2. The molecule has 0 saturated heterocycles. The van der Waals surface area contributed by atoms with Crippen molar-refractivity contribution in [1.29, 1.82) is 0 Å². The Morgan fingerprint density at radius 2 is 2.10 bits per heavy atom. The normalized spacial score (nSPS) is 18.7. The maximum atomic E-state index is 12.5. The molecule has 1 atom stereocenters. The van der Waals surface area contributed by atoms with Gasteiger partial charge in [-0.15, -0.1) is 0 Å². The predicted octanol–water partition coefficient (Wildman–Crippen LogP) is 2.84. The Hall–Kier alpha value is -1.18. The Labute approximate surface area is 132 Å². The predicted molar refractivity (Wildman–Crippen MR) is 82.9 cm³/mol. The van der Waals surface area contributed by atoms with Crippen LogP contribution in [0, 0.1) is 6.92 Å². The molecule has 5 nitrogen and oxygen atoms in total. The SMILES string of the molecule is Cc1c(Br)cc(C(=O)O)cc1S(=O)(=O)NC1CC=CCC1. The quantitative estimate of drug-likeness (QED) is 0.794. The molecule has 1 aromatic rings. The van der Waals surface area contributed by atoms with E-state index in [2.05, 4.69) is 20.7 Å². The fourth-order valence-corrected chi connectivity index (χ4v) is 4.41. The van der Waals surface area contributed by atoms with Crippen LogP contribution in [0.15, 0.2) is 33.7 Å². The van der Waals surface area contributed by atoms with Gasteiger partial charge < -0.3 is 5.11 Å². The van der Waals surface area contributed by atoms with Gasteiger partial charge in [-0.2, -0.15) is 0 Å². The summed E-state index contributed by atoms with van der Waals surface area (Å²) >= 11 is 3.22. The highest BCUT2D eigenvalue weighted by Gasteiger charge is 2.24. The van der Waals surface area contributed by atoms with Gasteiger partial charge in [-0.3, -0.25) is 0 Å². The molecular formula is C14H16BrNO4S. The van der Waals surface area contributed by atoms with Crippen molar-refractivity contribution in [2.75, 3.05) is 0 Å². The molecule has 0 fully saturated rings.